The van der Waals surface area contributed by atoms with Crippen LogP contribution in [-0.4, -0.2) is 4.98 Å². The number of fused-ring (bicyclic) bond motifs is 3. The Kier molecular flexibility index (Phi) is 3.39. The molecule has 0 aliphatic rings. The quantitative estimate of drug-likeness (QED) is 0.349. The molecule has 0 saturated heterocycles. The molecule has 4 rings (SSSR count). The van der Waals surface area contributed by atoms with E-state index < -0.39 is 0 Å². The number of rotatable bonds is 1. The van der Waals surface area contributed by atoms with Gasteiger partial charge in [-0.1, -0.05) is 53.6 Å². The Morgan fingerprint density at radius 2 is 1.48 bits per heavy atom. The third kappa shape index (κ3) is 2.42. The van der Waals surface area contributed by atoms with Crippen LogP contribution in [0.4, 0.5) is 0 Å². The molecule has 1 atom stereocenters. The topological polar surface area (TPSA) is 12.9 Å². The summed E-state index contributed by atoms with van der Waals surface area (Å²) in [5.41, 5.74) is 5.84. The second-order valence-corrected chi connectivity index (χ2v) is 6.75. The molecule has 0 N–H and O–H groups in total. The van der Waals surface area contributed by atoms with Gasteiger partial charge in [-0.2, -0.15) is 0 Å². The normalized spacial score (nSPS) is 11.3. The van der Waals surface area contributed by atoms with E-state index in [0.717, 1.165) is 11.2 Å². The number of hydrogen-bond acceptors (Lipinski definition) is 1. The maximum absolute atomic E-state index is 4.99. The van der Waals surface area contributed by atoms with Gasteiger partial charge >= 0.3 is 0 Å². The Morgan fingerprint density at radius 3 is 2.26 bits per heavy atom. The molecule has 0 aliphatic heterocycles. The van der Waals surface area contributed by atoms with Crippen LogP contribution in [0.25, 0.3) is 32.9 Å². The van der Waals surface area contributed by atoms with Crippen LogP contribution in [0.3, 0.4) is 0 Å². The van der Waals surface area contributed by atoms with Crippen LogP contribution in [0.2, 0.25) is 0 Å². The molecule has 0 saturated carbocycles. The molecule has 1 heterocycles. The zero-order valence-corrected chi connectivity index (χ0v) is 14.5. The van der Waals surface area contributed by atoms with Gasteiger partial charge in [-0.15, -0.1) is 9.24 Å². The van der Waals surface area contributed by atoms with Crippen molar-refractivity contribution in [3.63, 3.8) is 0 Å². The summed E-state index contributed by atoms with van der Waals surface area (Å²) < 4.78 is 0. The molecule has 0 fully saturated rings. The summed E-state index contributed by atoms with van der Waals surface area (Å²) in [7, 11) is 2.87. The molecule has 1 aromatic heterocycles. The summed E-state index contributed by atoms with van der Waals surface area (Å²) in [6.07, 6.45) is 0. The fourth-order valence-corrected chi connectivity index (χ4v) is 3.78. The highest BCUT2D eigenvalue weighted by Crippen LogP contribution is 2.32. The first-order valence-corrected chi connectivity index (χ1v) is 8.37. The molecule has 0 spiro atoms. The van der Waals surface area contributed by atoms with Gasteiger partial charge in [-0.05, 0) is 37.4 Å². The van der Waals surface area contributed by atoms with Crippen molar-refractivity contribution < 1.29 is 0 Å². The molecule has 3 aromatic carbocycles. The van der Waals surface area contributed by atoms with Crippen molar-refractivity contribution in [3.8, 4) is 11.3 Å². The van der Waals surface area contributed by atoms with Gasteiger partial charge in [0.05, 0.1) is 11.2 Å². The molecule has 1 unspecified atom stereocenters. The summed E-state index contributed by atoms with van der Waals surface area (Å²) in [4.78, 5) is 4.99. The molecule has 1 nitrogen and oxygen atoms in total. The fraction of sp³-hybridized carbons (Fsp3) is 0.0952. The van der Waals surface area contributed by atoms with Gasteiger partial charge in [0.2, 0.25) is 0 Å². The van der Waals surface area contributed by atoms with E-state index in [1.807, 2.05) is 0 Å². The molecular weight excluding hydrogens is 297 g/mol. The van der Waals surface area contributed by atoms with E-state index in [2.05, 4.69) is 83.8 Å². The van der Waals surface area contributed by atoms with E-state index >= 15 is 0 Å². The van der Waals surface area contributed by atoms with Crippen molar-refractivity contribution in [3.05, 3.63) is 71.8 Å². The first-order chi connectivity index (χ1) is 11.1. The highest BCUT2D eigenvalue weighted by atomic mass is 31.0. The van der Waals surface area contributed by atoms with Crippen molar-refractivity contribution in [1.82, 2.24) is 4.98 Å². The second kappa shape index (κ2) is 5.44. The Hall–Kier alpha value is -2.24. The lowest BCUT2D eigenvalue weighted by Gasteiger charge is -2.13. The zero-order valence-electron chi connectivity index (χ0n) is 13.3. The van der Waals surface area contributed by atoms with Crippen molar-refractivity contribution in [2.24, 2.45) is 0 Å². The smallest absolute Gasteiger partial charge is 0.0788 e. The van der Waals surface area contributed by atoms with Crippen molar-refractivity contribution in [2.75, 3.05) is 0 Å². The Balaban J connectivity index is 2.19. The Bertz CT molecular complexity index is 1030. The molecule has 0 radical (unpaired) electrons. The highest BCUT2D eigenvalue weighted by Gasteiger charge is 2.12. The Labute approximate surface area is 138 Å². The molecule has 2 heteroatoms. The average Bonchev–Trinajstić information content (AvgIpc) is 2.53. The molecule has 112 valence electrons. The molecule has 4 aromatic rings. The lowest BCUT2D eigenvalue weighted by Crippen LogP contribution is -1.98. The van der Waals surface area contributed by atoms with Gasteiger partial charge < -0.3 is 0 Å². The van der Waals surface area contributed by atoms with Crippen LogP contribution >= 0.6 is 9.24 Å². The maximum Gasteiger partial charge on any atom is 0.0788 e. The summed E-state index contributed by atoms with van der Waals surface area (Å²) in [6.45, 7) is 4.28. The standard InChI is InChI=1S/C21H18NP/c1-13-10-14(2)12-15(11-13)21-17-7-5-9-19(23)20(17)16-6-3-4-8-18(16)22-21/h3-12H,23H2,1-2H3. The largest absolute Gasteiger partial charge is 0.247 e. The number of nitrogens with zero attached hydrogens (tertiary/aromatic N) is 1. The average molecular weight is 315 g/mol. The third-order valence-corrected chi connectivity index (χ3v) is 4.73. The van der Waals surface area contributed by atoms with Gasteiger partial charge in [-0.3, -0.25) is 0 Å². The predicted octanol–water partition coefficient (Wildman–Crippen LogP) is 5.17. The molecule has 0 aliphatic carbocycles. The molecule has 0 bridgehead atoms. The summed E-state index contributed by atoms with van der Waals surface area (Å²) in [5, 5.41) is 4.91. The Morgan fingerprint density at radius 1 is 0.783 bits per heavy atom. The van der Waals surface area contributed by atoms with E-state index in [1.165, 1.54) is 38.2 Å². The molecular formula is C21H18NP. The number of aryl methyl sites for hydroxylation is 2. The van der Waals surface area contributed by atoms with Crippen LogP contribution in [-0.2, 0) is 0 Å². The van der Waals surface area contributed by atoms with Crippen molar-refractivity contribution >= 4 is 36.2 Å². The van der Waals surface area contributed by atoms with E-state index in [9.17, 15) is 0 Å². The number of para-hydroxylation sites is 1. The van der Waals surface area contributed by atoms with E-state index in [-0.39, 0.29) is 0 Å². The zero-order chi connectivity index (χ0) is 16.0. The van der Waals surface area contributed by atoms with E-state index in [4.69, 9.17) is 4.98 Å². The van der Waals surface area contributed by atoms with Gasteiger partial charge in [0.15, 0.2) is 0 Å². The van der Waals surface area contributed by atoms with Crippen molar-refractivity contribution in [2.45, 2.75) is 13.8 Å². The van der Waals surface area contributed by atoms with Gasteiger partial charge in [0, 0.05) is 21.7 Å². The number of benzene rings is 3. The maximum atomic E-state index is 4.99. The van der Waals surface area contributed by atoms with Gasteiger partial charge in [0.25, 0.3) is 0 Å². The van der Waals surface area contributed by atoms with E-state index in [0.29, 0.717) is 0 Å². The highest BCUT2D eigenvalue weighted by molar-refractivity contribution is 7.28. The third-order valence-electron chi connectivity index (χ3n) is 4.25. The monoisotopic (exact) mass is 315 g/mol. The predicted molar refractivity (Wildman–Crippen MR) is 104 cm³/mol. The van der Waals surface area contributed by atoms with Crippen LogP contribution < -0.4 is 5.30 Å². The lowest BCUT2D eigenvalue weighted by molar-refractivity contribution is 1.36. The lowest BCUT2D eigenvalue weighted by atomic mass is 9.98. The van der Waals surface area contributed by atoms with Gasteiger partial charge in [0.1, 0.15) is 0 Å². The summed E-state index contributed by atoms with van der Waals surface area (Å²) in [5.74, 6) is 0. The molecule has 0 amide bonds. The minimum Gasteiger partial charge on any atom is -0.247 e. The van der Waals surface area contributed by atoms with Crippen LogP contribution in [0.15, 0.2) is 60.7 Å². The van der Waals surface area contributed by atoms with Crippen molar-refractivity contribution in [1.29, 1.82) is 0 Å². The molecule has 23 heavy (non-hydrogen) atoms. The second-order valence-electron chi connectivity index (χ2n) is 6.12. The number of aromatic nitrogens is 1. The van der Waals surface area contributed by atoms with Crippen LogP contribution in [0.5, 0.6) is 0 Å². The number of pyridine rings is 1. The number of hydrogen-bond donors (Lipinski definition) is 0. The minimum absolute atomic E-state index is 1.05. The van der Waals surface area contributed by atoms with Crippen LogP contribution in [0.1, 0.15) is 11.1 Å². The van der Waals surface area contributed by atoms with E-state index in [1.54, 1.807) is 0 Å². The first-order valence-electron chi connectivity index (χ1n) is 7.79. The first kappa shape index (κ1) is 14.4. The summed E-state index contributed by atoms with van der Waals surface area (Å²) >= 11 is 0. The minimum atomic E-state index is 1.05. The summed E-state index contributed by atoms with van der Waals surface area (Å²) in [6, 6.07) is 21.5. The van der Waals surface area contributed by atoms with Crippen LogP contribution in [0, 0.1) is 13.8 Å². The SMILES string of the molecule is Cc1cc(C)cc(-c2nc3ccccc3c3c(P)cccc23)c1. The van der Waals surface area contributed by atoms with Gasteiger partial charge in [-0.25, -0.2) is 4.98 Å². The fourth-order valence-electron chi connectivity index (χ4n) is 3.36.